The zero-order valence-corrected chi connectivity index (χ0v) is 17.6. The molecule has 0 aliphatic carbocycles. The van der Waals surface area contributed by atoms with Gasteiger partial charge in [0.15, 0.2) is 23.1 Å². The van der Waals surface area contributed by atoms with Crippen molar-refractivity contribution in [2.75, 3.05) is 11.9 Å². The van der Waals surface area contributed by atoms with Gasteiger partial charge in [-0.3, -0.25) is 10.1 Å². The maximum Gasteiger partial charge on any atom is 0.264 e. The molecule has 7 heteroatoms. The number of nitrogens with zero attached hydrogens (tertiary/aromatic N) is 3. The largest absolute Gasteiger partial charge is 0.480 e. The van der Waals surface area contributed by atoms with Gasteiger partial charge in [0.05, 0.1) is 11.4 Å². The molecule has 0 aliphatic rings. The summed E-state index contributed by atoms with van der Waals surface area (Å²) in [6.07, 6.45) is 3.81. The maximum atomic E-state index is 12.4. The summed E-state index contributed by atoms with van der Waals surface area (Å²) >= 11 is 1.46. The highest BCUT2D eigenvalue weighted by Crippen LogP contribution is 2.31. The third-order valence-electron chi connectivity index (χ3n) is 4.75. The molecule has 0 spiro atoms. The second-order valence-corrected chi connectivity index (χ2v) is 8.25. The van der Waals surface area contributed by atoms with E-state index in [2.05, 4.69) is 47.3 Å². The Balaban J connectivity index is 1.45. The number of aromatic nitrogens is 3. The zero-order valence-electron chi connectivity index (χ0n) is 16.8. The van der Waals surface area contributed by atoms with Gasteiger partial charge in [0, 0.05) is 22.8 Å². The van der Waals surface area contributed by atoms with Gasteiger partial charge in [-0.05, 0) is 57.0 Å². The Kier molecular flexibility index (Phi) is 5.07. The van der Waals surface area contributed by atoms with Crippen molar-refractivity contribution in [3.63, 3.8) is 0 Å². The summed E-state index contributed by atoms with van der Waals surface area (Å²) in [5.41, 5.74) is 6.00. The number of anilines is 1. The normalized spacial score (nSPS) is 11.0. The average molecular weight is 407 g/mol. The summed E-state index contributed by atoms with van der Waals surface area (Å²) in [6.45, 7) is 7.99. The third-order valence-corrected chi connectivity index (χ3v) is 5.64. The number of rotatable bonds is 5. The van der Waals surface area contributed by atoms with E-state index in [1.165, 1.54) is 22.5 Å². The van der Waals surface area contributed by atoms with Gasteiger partial charge in [-0.2, -0.15) is 0 Å². The fourth-order valence-corrected chi connectivity index (χ4v) is 3.98. The number of thiazole rings is 1. The Morgan fingerprint density at radius 2 is 1.97 bits per heavy atom. The minimum atomic E-state index is -0.254. The van der Waals surface area contributed by atoms with Crippen LogP contribution in [-0.2, 0) is 4.79 Å². The fourth-order valence-electron chi connectivity index (χ4n) is 3.13. The van der Waals surface area contributed by atoms with Gasteiger partial charge >= 0.3 is 0 Å². The molecule has 0 fully saturated rings. The number of aryl methyl sites for hydroxylation is 4. The lowest BCUT2D eigenvalue weighted by molar-refractivity contribution is -0.118. The number of pyridine rings is 1. The number of hydrogen-bond acceptors (Lipinski definition) is 5. The number of benzene rings is 1. The second-order valence-electron chi connectivity index (χ2n) is 7.05. The fraction of sp³-hybridized carbons (Fsp3) is 0.227. The number of ether oxygens (including phenoxy) is 1. The standard InChI is InChI=1S/C22H22N4O2S/c1-13-7-8-17(10-14(13)2)20-16(4)29-22(25-20)24-19(27)12-28-18-6-5-9-26-11-15(3)23-21(18)26/h5-11H,12H2,1-4H3,(H,24,25,27). The average Bonchev–Trinajstić information content (AvgIpc) is 3.24. The van der Waals surface area contributed by atoms with Gasteiger partial charge in [-0.1, -0.05) is 12.1 Å². The van der Waals surface area contributed by atoms with Gasteiger partial charge in [-0.25, -0.2) is 9.97 Å². The van der Waals surface area contributed by atoms with E-state index in [4.69, 9.17) is 4.74 Å². The molecule has 3 aromatic heterocycles. The topological polar surface area (TPSA) is 68.5 Å². The Labute approximate surface area is 173 Å². The van der Waals surface area contributed by atoms with Crippen molar-refractivity contribution in [3.8, 4) is 17.0 Å². The summed E-state index contributed by atoms with van der Waals surface area (Å²) in [5.74, 6) is 0.317. The predicted octanol–water partition coefficient (Wildman–Crippen LogP) is 4.71. The lowest BCUT2D eigenvalue weighted by atomic mass is 10.0. The molecule has 0 atom stereocenters. The molecule has 148 valence electrons. The van der Waals surface area contributed by atoms with Crippen LogP contribution in [0.3, 0.4) is 0 Å². The van der Waals surface area contributed by atoms with E-state index in [-0.39, 0.29) is 12.5 Å². The maximum absolute atomic E-state index is 12.4. The molecular weight excluding hydrogens is 384 g/mol. The summed E-state index contributed by atoms with van der Waals surface area (Å²) in [5, 5.41) is 3.41. The van der Waals surface area contributed by atoms with Gasteiger partial charge in [0.25, 0.3) is 5.91 Å². The Morgan fingerprint density at radius 1 is 1.14 bits per heavy atom. The second kappa shape index (κ2) is 7.67. The van der Waals surface area contributed by atoms with Crippen LogP contribution in [0.5, 0.6) is 5.75 Å². The molecule has 0 saturated heterocycles. The van der Waals surface area contributed by atoms with Crippen LogP contribution in [0.25, 0.3) is 16.9 Å². The van der Waals surface area contributed by atoms with Crippen LogP contribution < -0.4 is 10.1 Å². The van der Waals surface area contributed by atoms with E-state index in [9.17, 15) is 4.79 Å². The SMILES string of the molecule is Cc1cn2cccc(OCC(=O)Nc3nc(-c4ccc(C)c(C)c4)c(C)s3)c2n1. The first-order chi connectivity index (χ1) is 13.9. The Hall–Kier alpha value is -3.19. The molecule has 0 bridgehead atoms. The molecule has 3 heterocycles. The van der Waals surface area contributed by atoms with Crippen molar-refractivity contribution in [1.82, 2.24) is 14.4 Å². The highest BCUT2D eigenvalue weighted by atomic mass is 32.1. The molecule has 0 saturated carbocycles. The monoisotopic (exact) mass is 406 g/mol. The first kappa shape index (κ1) is 19.1. The van der Waals surface area contributed by atoms with E-state index in [0.717, 1.165) is 21.8 Å². The lowest BCUT2D eigenvalue weighted by Gasteiger charge is -2.07. The Morgan fingerprint density at radius 3 is 2.76 bits per heavy atom. The molecule has 4 aromatic rings. The summed E-state index contributed by atoms with van der Waals surface area (Å²) in [4.78, 5) is 22.5. The van der Waals surface area contributed by atoms with Crippen molar-refractivity contribution >= 4 is 28.0 Å². The highest BCUT2D eigenvalue weighted by molar-refractivity contribution is 7.16. The minimum absolute atomic E-state index is 0.108. The smallest absolute Gasteiger partial charge is 0.264 e. The number of carbonyl (C=O) groups excluding carboxylic acids is 1. The van der Waals surface area contributed by atoms with Crippen LogP contribution >= 0.6 is 11.3 Å². The van der Waals surface area contributed by atoms with E-state index in [0.29, 0.717) is 16.5 Å². The first-order valence-electron chi connectivity index (χ1n) is 9.33. The number of carbonyl (C=O) groups is 1. The van der Waals surface area contributed by atoms with E-state index in [1.54, 1.807) is 6.07 Å². The van der Waals surface area contributed by atoms with E-state index >= 15 is 0 Å². The van der Waals surface area contributed by atoms with Crippen molar-refractivity contribution in [3.05, 3.63) is 64.4 Å². The zero-order chi connectivity index (χ0) is 20.5. The van der Waals surface area contributed by atoms with E-state index in [1.807, 2.05) is 36.7 Å². The van der Waals surface area contributed by atoms with Gasteiger partial charge in [0.1, 0.15) is 0 Å². The molecule has 6 nitrogen and oxygen atoms in total. The van der Waals surface area contributed by atoms with Crippen LogP contribution in [0.15, 0.2) is 42.7 Å². The molecule has 1 aromatic carbocycles. The Bertz CT molecular complexity index is 1210. The van der Waals surface area contributed by atoms with Crippen molar-refractivity contribution in [1.29, 1.82) is 0 Å². The number of nitrogens with one attached hydrogen (secondary N) is 1. The third kappa shape index (κ3) is 4.00. The molecule has 0 radical (unpaired) electrons. The molecule has 29 heavy (non-hydrogen) atoms. The van der Waals surface area contributed by atoms with Crippen LogP contribution in [0.4, 0.5) is 5.13 Å². The molecular formula is C22H22N4O2S. The molecule has 4 rings (SSSR count). The number of imidazole rings is 1. The number of fused-ring (bicyclic) bond motifs is 1. The van der Waals surface area contributed by atoms with E-state index < -0.39 is 0 Å². The van der Waals surface area contributed by atoms with Crippen LogP contribution in [0, 0.1) is 27.7 Å². The molecule has 0 unspecified atom stereocenters. The first-order valence-corrected chi connectivity index (χ1v) is 10.1. The van der Waals surface area contributed by atoms with Crippen molar-refractivity contribution in [2.24, 2.45) is 0 Å². The van der Waals surface area contributed by atoms with Crippen LogP contribution in [0.1, 0.15) is 21.7 Å². The van der Waals surface area contributed by atoms with Crippen molar-refractivity contribution in [2.45, 2.75) is 27.7 Å². The van der Waals surface area contributed by atoms with Crippen molar-refractivity contribution < 1.29 is 9.53 Å². The van der Waals surface area contributed by atoms with Gasteiger partial charge in [-0.15, -0.1) is 11.3 Å². The molecule has 1 amide bonds. The summed E-state index contributed by atoms with van der Waals surface area (Å²) in [7, 11) is 0. The summed E-state index contributed by atoms with van der Waals surface area (Å²) < 4.78 is 7.58. The number of hydrogen-bond donors (Lipinski definition) is 1. The predicted molar refractivity (Wildman–Crippen MR) is 116 cm³/mol. The number of amides is 1. The molecule has 0 aliphatic heterocycles. The minimum Gasteiger partial charge on any atom is -0.480 e. The highest BCUT2D eigenvalue weighted by Gasteiger charge is 2.14. The van der Waals surface area contributed by atoms with Gasteiger partial charge in [0.2, 0.25) is 0 Å². The lowest BCUT2D eigenvalue weighted by Crippen LogP contribution is -2.20. The van der Waals surface area contributed by atoms with Gasteiger partial charge < -0.3 is 9.14 Å². The quantitative estimate of drug-likeness (QED) is 0.521. The van der Waals surface area contributed by atoms with Crippen LogP contribution in [0.2, 0.25) is 0 Å². The summed E-state index contributed by atoms with van der Waals surface area (Å²) in [6, 6.07) is 9.95. The molecule has 1 N–H and O–H groups in total. The van der Waals surface area contributed by atoms with Crippen LogP contribution in [-0.4, -0.2) is 26.9 Å².